The highest BCUT2D eigenvalue weighted by atomic mass is 35.5. The lowest BCUT2D eigenvalue weighted by Gasteiger charge is -2.14. The van der Waals surface area contributed by atoms with Gasteiger partial charge in [0.2, 0.25) is 5.91 Å². The second-order valence-electron chi connectivity index (χ2n) is 6.88. The van der Waals surface area contributed by atoms with E-state index in [4.69, 9.17) is 21.1 Å². The predicted molar refractivity (Wildman–Crippen MR) is 111 cm³/mol. The van der Waals surface area contributed by atoms with E-state index >= 15 is 0 Å². The third-order valence-corrected chi connectivity index (χ3v) is 5.53. The van der Waals surface area contributed by atoms with Gasteiger partial charge in [-0.15, -0.1) is 0 Å². The SMILES string of the molecule is COC(=O)c1c(C)[nH]c(-c2ccc(OC)cc2F)c1C1C(=O)Nc2c(Cl)cccc21. The molecular weight excluding hydrogens is 411 g/mol. The lowest BCUT2D eigenvalue weighted by Crippen LogP contribution is -2.17. The number of ether oxygens (including phenoxy) is 2. The van der Waals surface area contributed by atoms with Crippen LogP contribution in [0.1, 0.15) is 33.1 Å². The van der Waals surface area contributed by atoms with Gasteiger partial charge >= 0.3 is 5.97 Å². The van der Waals surface area contributed by atoms with Crippen LogP contribution in [0.3, 0.4) is 0 Å². The molecule has 3 aromatic rings. The number of hydrogen-bond donors (Lipinski definition) is 2. The fourth-order valence-electron chi connectivity index (χ4n) is 3.87. The smallest absolute Gasteiger partial charge is 0.340 e. The summed E-state index contributed by atoms with van der Waals surface area (Å²) in [7, 11) is 2.70. The zero-order valence-electron chi connectivity index (χ0n) is 16.4. The Morgan fingerprint density at radius 1 is 1.20 bits per heavy atom. The van der Waals surface area contributed by atoms with Crippen molar-refractivity contribution in [2.45, 2.75) is 12.8 Å². The molecule has 1 amide bonds. The van der Waals surface area contributed by atoms with Gasteiger partial charge in [-0.05, 0) is 30.7 Å². The van der Waals surface area contributed by atoms with Crippen LogP contribution in [0.4, 0.5) is 10.1 Å². The van der Waals surface area contributed by atoms with Crippen molar-refractivity contribution in [2.75, 3.05) is 19.5 Å². The second kappa shape index (κ2) is 7.50. The van der Waals surface area contributed by atoms with Crippen molar-refractivity contribution in [3.05, 3.63) is 69.6 Å². The van der Waals surface area contributed by atoms with Crippen LogP contribution in [0.25, 0.3) is 11.3 Å². The van der Waals surface area contributed by atoms with Crippen LogP contribution >= 0.6 is 11.6 Å². The Balaban J connectivity index is 2.01. The second-order valence-corrected chi connectivity index (χ2v) is 7.28. The molecule has 0 saturated heterocycles. The Kier molecular flexibility index (Phi) is 4.99. The van der Waals surface area contributed by atoms with Crippen LogP contribution in [-0.4, -0.2) is 31.1 Å². The number of methoxy groups -OCH3 is 2. The minimum Gasteiger partial charge on any atom is -0.497 e. The Bertz CT molecular complexity index is 1190. The number of fused-ring (bicyclic) bond motifs is 1. The predicted octanol–water partition coefficient (Wildman–Crippen LogP) is 4.66. The topological polar surface area (TPSA) is 80.4 Å². The van der Waals surface area contributed by atoms with Crippen molar-refractivity contribution in [2.24, 2.45) is 0 Å². The molecule has 30 heavy (non-hydrogen) atoms. The van der Waals surface area contributed by atoms with Crippen LogP contribution in [-0.2, 0) is 9.53 Å². The van der Waals surface area contributed by atoms with Gasteiger partial charge in [-0.25, -0.2) is 9.18 Å². The first-order chi connectivity index (χ1) is 14.4. The van der Waals surface area contributed by atoms with Crippen molar-refractivity contribution in [3.8, 4) is 17.0 Å². The molecule has 154 valence electrons. The largest absolute Gasteiger partial charge is 0.497 e. The number of aromatic amines is 1. The molecule has 0 aliphatic carbocycles. The number of nitrogens with one attached hydrogen (secondary N) is 2. The molecule has 0 radical (unpaired) electrons. The summed E-state index contributed by atoms with van der Waals surface area (Å²) < 4.78 is 25.0. The number of halogens is 2. The Morgan fingerprint density at radius 2 is 1.97 bits per heavy atom. The van der Waals surface area contributed by atoms with Crippen molar-refractivity contribution >= 4 is 29.2 Å². The number of anilines is 1. The molecule has 8 heteroatoms. The fraction of sp³-hybridized carbons (Fsp3) is 0.182. The first-order valence-corrected chi connectivity index (χ1v) is 9.49. The summed E-state index contributed by atoms with van der Waals surface area (Å²) in [6.45, 7) is 1.67. The fourth-order valence-corrected chi connectivity index (χ4v) is 4.10. The zero-order chi connectivity index (χ0) is 21.6. The van der Waals surface area contributed by atoms with Gasteiger partial charge in [-0.2, -0.15) is 0 Å². The molecule has 2 aromatic carbocycles. The Labute approximate surface area is 177 Å². The van der Waals surface area contributed by atoms with Crippen molar-refractivity contribution in [3.63, 3.8) is 0 Å². The number of amides is 1. The molecule has 1 unspecified atom stereocenters. The Hall–Kier alpha value is -3.32. The lowest BCUT2D eigenvalue weighted by atomic mass is 9.87. The average Bonchev–Trinajstić information content (AvgIpc) is 3.23. The number of hydrogen-bond acceptors (Lipinski definition) is 4. The molecule has 2 heterocycles. The summed E-state index contributed by atoms with van der Waals surface area (Å²) >= 11 is 6.25. The highest BCUT2D eigenvalue weighted by Crippen LogP contribution is 2.46. The molecular formula is C22H18ClFN2O4. The Morgan fingerprint density at radius 3 is 2.63 bits per heavy atom. The number of para-hydroxylation sites is 1. The van der Waals surface area contributed by atoms with Crippen LogP contribution < -0.4 is 10.1 Å². The number of rotatable bonds is 4. The minimum atomic E-state index is -0.866. The van der Waals surface area contributed by atoms with E-state index in [0.717, 1.165) is 0 Å². The van der Waals surface area contributed by atoms with E-state index < -0.39 is 17.7 Å². The molecule has 0 bridgehead atoms. The lowest BCUT2D eigenvalue weighted by molar-refractivity contribution is -0.116. The molecule has 0 fully saturated rings. The molecule has 2 N–H and O–H groups in total. The highest BCUT2D eigenvalue weighted by Gasteiger charge is 2.39. The number of esters is 1. The minimum absolute atomic E-state index is 0.190. The number of aromatic nitrogens is 1. The van der Waals surface area contributed by atoms with E-state index in [9.17, 15) is 14.0 Å². The van der Waals surface area contributed by atoms with E-state index in [1.54, 1.807) is 31.2 Å². The molecule has 4 rings (SSSR count). The maximum absolute atomic E-state index is 14.9. The van der Waals surface area contributed by atoms with Gasteiger partial charge in [0.1, 0.15) is 11.6 Å². The molecule has 0 saturated carbocycles. The van der Waals surface area contributed by atoms with Gasteiger partial charge in [-0.1, -0.05) is 23.7 Å². The number of carbonyl (C=O) groups is 2. The van der Waals surface area contributed by atoms with Crippen molar-refractivity contribution in [1.82, 2.24) is 4.98 Å². The van der Waals surface area contributed by atoms with E-state index in [2.05, 4.69) is 10.3 Å². The molecule has 1 aliphatic heterocycles. The van der Waals surface area contributed by atoms with Gasteiger partial charge < -0.3 is 19.8 Å². The summed E-state index contributed by atoms with van der Waals surface area (Å²) in [4.78, 5) is 28.7. The van der Waals surface area contributed by atoms with Crippen LogP contribution in [0.5, 0.6) is 5.75 Å². The van der Waals surface area contributed by atoms with Crippen LogP contribution in [0, 0.1) is 12.7 Å². The number of benzene rings is 2. The van der Waals surface area contributed by atoms with Gasteiger partial charge in [0.25, 0.3) is 0 Å². The van der Waals surface area contributed by atoms with E-state index in [0.29, 0.717) is 39.0 Å². The molecule has 6 nitrogen and oxygen atoms in total. The summed E-state index contributed by atoms with van der Waals surface area (Å²) in [6.07, 6.45) is 0. The zero-order valence-corrected chi connectivity index (χ0v) is 17.2. The average molecular weight is 429 g/mol. The van der Waals surface area contributed by atoms with Gasteiger partial charge in [-0.3, -0.25) is 4.79 Å². The first kappa shape index (κ1) is 20.0. The number of carbonyl (C=O) groups excluding carboxylic acids is 2. The monoisotopic (exact) mass is 428 g/mol. The van der Waals surface area contributed by atoms with E-state index in [1.807, 2.05) is 0 Å². The van der Waals surface area contributed by atoms with Gasteiger partial charge in [0.15, 0.2) is 0 Å². The van der Waals surface area contributed by atoms with Gasteiger partial charge in [0, 0.05) is 22.9 Å². The van der Waals surface area contributed by atoms with E-state index in [1.165, 1.54) is 26.4 Å². The quantitative estimate of drug-likeness (QED) is 0.592. The summed E-state index contributed by atoms with van der Waals surface area (Å²) in [5.74, 6) is -2.06. The van der Waals surface area contributed by atoms with Crippen LogP contribution in [0.15, 0.2) is 36.4 Å². The van der Waals surface area contributed by atoms with Crippen molar-refractivity contribution in [1.29, 1.82) is 0 Å². The normalized spacial score (nSPS) is 15.0. The maximum atomic E-state index is 14.9. The highest BCUT2D eigenvalue weighted by molar-refractivity contribution is 6.34. The van der Waals surface area contributed by atoms with Crippen molar-refractivity contribution < 1.29 is 23.5 Å². The van der Waals surface area contributed by atoms with Crippen LogP contribution in [0.2, 0.25) is 5.02 Å². The van der Waals surface area contributed by atoms with Gasteiger partial charge in [0.05, 0.1) is 42.1 Å². The first-order valence-electron chi connectivity index (χ1n) is 9.11. The number of H-pyrrole nitrogens is 1. The standard InChI is InChI=1S/C22H18ClFN2O4/c1-10-16(22(28)30-3)18(17-13-5-4-6-14(23)19(13)26-21(17)27)20(25-10)12-8-7-11(29-2)9-15(12)24/h4-9,17,25H,1-3H3,(H,26,27). The van der Waals surface area contributed by atoms with E-state index in [-0.39, 0.29) is 17.0 Å². The summed E-state index contributed by atoms with van der Waals surface area (Å²) in [5, 5.41) is 3.15. The third kappa shape index (κ3) is 3.02. The summed E-state index contributed by atoms with van der Waals surface area (Å²) in [6, 6.07) is 9.52. The summed E-state index contributed by atoms with van der Waals surface area (Å²) in [5.41, 5.74) is 2.59. The maximum Gasteiger partial charge on any atom is 0.340 e. The molecule has 1 atom stereocenters. The number of aryl methyl sites for hydroxylation is 1. The molecule has 1 aromatic heterocycles. The molecule has 0 spiro atoms. The third-order valence-electron chi connectivity index (χ3n) is 5.22. The molecule has 1 aliphatic rings.